The Bertz CT molecular complexity index is 175. The molecule has 0 aromatic carbocycles. The van der Waals surface area contributed by atoms with Crippen molar-refractivity contribution in [3.8, 4) is 0 Å². The van der Waals surface area contributed by atoms with Crippen LogP contribution in [0.5, 0.6) is 0 Å². The van der Waals surface area contributed by atoms with Gasteiger partial charge in [0.15, 0.2) is 6.23 Å². The lowest BCUT2D eigenvalue weighted by Gasteiger charge is -2.06. The van der Waals surface area contributed by atoms with E-state index >= 15 is 0 Å². The van der Waals surface area contributed by atoms with Crippen molar-refractivity contribution < 1.29 is 10.2 Å². The number of thioether (sulfide) groups is 2. The Balaban J connectivity index is 2.33. The standard InChI is InChI=1S/C7H13NO2S2/c1-2-3-11-7-8-6(10)5(4-9)12-7/h5-6,9-10H,2-4H2,1H3. The van der Waals surface area contributed by atoms with Crippen LogP contribution in [0.1, 0.15) is 13.3 Å². The molecule has 0 spiro atoms. The minimum Gasteiger partial charge on any atom is -0.395 e. The fourth-order valence-corrected chi connectivity index (χ4v) is 2.94. The summed E-state index contributed by atoms with van der Waals surface area (Å²) in [7, 11) is 0. The highest BCUT2D eigenvalue weighted by Crippen LogP contribution is 2.31. The summed E-state index contributed by atoms with van der Waals surface area (Å²) in [6.07, 6.45) is 0.392. The molecule has 0 fully saturated rings. The van der Waals surface area contributed by atoms with Gasteiger partial charge in [0.1, 0.15) is 4.38 Å². The van der Waals surface area contributed by atoms with Gasteiger partial charge in [0.25, 0.3) is 0 Å². The first-order chi connectivity index (χ1) is 5.77. The third-order valence-corrected chi connectivity index (χ3v) is 4.04. The van der Waals surface area contributed by atoms with E-state index in [1.165, 1.54) is 11.8 Å². The third kappa shape index (κ3) is 2.65. The summed E-state index contributed by atoms with van der Waals surface area (Å²) in [5.74, 6) is 1.02. The van der Waals surface area contributed by atoms with Gasteiger partial charge in [-0.05, 0) is 12.2 Å². The predicted molar refractivity (Wildman–Crippen MR) is 54.7 cm³/mol. The first-order valence-electron chi connectivity index (χ1n) is 3.94. The molecule has 1 heterocycles. The molecule has 0 saturated heterocycles. The van der Waals surface area contributed by atoms with Crippen LogP contribution in [0.4, 0.5) is 0 Å². The van der Waals surface area contributed by atoms with Gasteiger partial charge in [0, 0.05) is 0 Å². The zero-order chi connectivity index (χ0) is 8.97. The van der Waals surface area contributed by atoms with Gasteiger partial charge in [-0.3, -0.25) is 0 Å². The molecule has 1 aliphatic heterocycles. The molecular formula is C7H13NO2S2. The topological polar surface area (TPSA) is 52.8 Å². The molecule has 0 amide bonds. The van der Waals surface area contributed by atoms with Crippen molar-refractivity contribution in [2.24, 2.45) is 4.99 Å². The van der Waals surface area contributed by atoms with Crippen LogP contribution < -0.4 is 0 Å². The van der Waals surface area contributed by atoms with Crippen molar-refractivity contribution in [1.82, 2.24) is 0 Å². The maximum Gasteiger partial charge on any atom is 0.161 e. The lowest BCUT2D eigenvalue weighted by atomic mass is 10.4. The number of aliphatic imine (C=N–C) groups is 1. The van der Waals surface area contributed by atoms with Crippen molar-refractivity contribution in [2.75, 3.05) is 12.4 Å². The van der Waals surface area contributed by atoms with Gasteiger partial charge < -0.3 is 10.2 Å². The number of hydrogen-bond acceptors (Lipinski definition) is 5. The highest BCUT2D eigenvalue weighted by atomic mass is 32.2. The lowest BCUT2D eigenvalue weighted by Crippen LogP contribution is -2.20. The van der Waals surface area contributed by atoms with Crippen molar-refractivity contribution in [3.63, 3.8) is 0 Å². The summed E-state index contributed by atoms with van der Waals surface area (Å²) in [6, 6.07) is 0. The van der Waals surface area contributed by atoms with Crippen molar-refractivity contribution in [3.05, 3.63) is 0 Å². The van der Waals surface area contributed by atoms with Crippen LogP contribution in [0, 0.1) is 0 Å². The summed E-state index contributed by atoms with van der Waals surface area (Å²) in [5.41, 5.74) is 0. The zero-order valence-corrected chi connectivity index (χ0v) is 8.57. The molecule has 0 saturated carbocycles. The van der Waals surface area contributed by atoms with Crippen LogP contribution in [-0.2, 0) is 0 Å². The quantitative estimate of drug-likeness (QED) is 0.722. The molecule has 12 heavy (non-hydrogen) atoms. The first-order valence-corrected chi connectivity index (χ1v) is 5.80. The molecule has 0 aromatic rings. The maximum atomic E-state index is 9.28. The molecule has 0 radical (unpaired) electrons. The van der Waals surface area contributed by atoms with Crippen LogP contribution in [0.25, 0.3) is 0 Å². The van der Waals surface area contributed by atoms with E-state index in [-0.39, 0.29) is 11.9 Å². The Morgan fingerprint density at radius 3 is 2.92 bits per heavy atom. The molecule has 3 nitrogen and oxygen atoms in total. The van der Waals surface area contributed by atoms with Crippen LogP contribution in [0.2, 0.25) is 0 Å². The number of aliphatic hydroxyl groups is 2. The summed E-state index contributed by atoms with van der Waals surface area (Å²) in [5, 5.41) is 17.9. The van der Waals surface area contributed by atoms with Gasteiger partial charge >= 0.3 is 0 Å². The lowest BCUT2D eigenvalue weighted by molar-refractivity contribution is 0.152. The third-order valence-electron chi connectivity index (χ3n) is 1.43. The Morgan fingerprint density at radius 2 is 2.42 bits per heavy atom. The summed E-state index contributed by atoms with van der Waals surface area (Å²) in [4.78, 5) is 4.02. The van der Waals surface area contributed by atoms with E-state index in [4.69, 9.17) is 5.11 Å². The molecule has 2 atom stereocenters. The van der Waals surface area contributed by atoms with Gasteiger partial charge in [-0.2, -0.15) is 0 Å². The Hall–Kier alpha value is 0.290. The van der Waals surface area contributed by atoms with Crippen LogP contribution >= 0.6 is 23.5 Å². The van der Waals surface area contributed by atoms with Crippen molar-refractivity contribution >= 4 is 27.9 Å². The highest BCUT2D eigenvalue weighted by Gasteiger charge is 2.27. The minimum atomic E-state index is -0.709. The van der Waals surface area contributed by atoms with Crippen LogP contribution in [-0.4, -0.2) is 38.4 Å². The number of hydrogen-bond donors (Lipinski definition) is 2. The normalized spacial score (nSPS) is 29.1. The highest BCUT2D eigenvalue weighted by molar-refractivity contribution is 8.39. The van der Waals surface area contributed by atoms with Gasteiger partial charge in [-0.25, -0.2) is 4.99 Å². The minimum absolute atomic E-state index is 0.00841. The second-order valence-electron chi connectivity index (χ2n) is 2.50. The smallest absolute Gasteiger partial charge is 0.161 e. The maximum absolute atomic E-state index is 9.28. The number of nitrogens with zero attached hydrogens (tertiary/aromatic N) is 1. The van der Waals surface area contributed by atoms with Gasteiger partial charge in [0.2, 0.25) is 0 Å². The molecule has 2 N–H and O–H groups in total. The molecule has 0 aromatic heterocycles. The van der Waals surface area contributed by atoms with E-state index < -0.39 is 6.23 Å². The Labute approximate surface area is 80.7 Å². The molecule has 1 aliphatic rings. The van der Waals surface area contributed by atoms with E-state index in [1.54, 1.807) is 11.8 Å². The SMILES string of the molecule is CCCSC1=NC(O)C(CO)S1. The van der Waals surface area contributed by atoms with E-state index in [9.17, 15) is 5.11 Å². The Kier molecular flexibility index (Phi) is 4.42. The van der Waals surface area contributed by atoms with Gasteiger partial charge in [0.05, 0.1) is 11.9 Å². The molecule has 70 valence electrons. The largest absolute Gasteiger partial charge is 0.395 e. The molecule has 0 aliphatic carbocycles. The predicted octanol–water partition coefficient (Wildman–Crippen LogP) is 0.912. The van der Waals surface area contributed by atoms with E-state index in [2.05, 4.69) is 11.9 Å². The van der Waals surface area contributed by atoms with E-state index in [0.717, 1.165) is 16.5 Å². The second-order valence-corrected chi connectivity index (χ2v) is 5.07. The number of aliphatic hydroxyl groups excluding tert-OH is 2. The zero-order valence-electron chi connectivity index (χ0n) is 6.93. The van der Waals surface area contributed by atoms with Crippen molar-refractivity contribution in [2.45, 2.75) is 24.8 Å². The molecule has 5 heteroatoms. The average Bonchev–Trinajstić information content (AvgIpc) is 2.43. The fraction of sp³-hybridized carbons (Fsp3) is 0.857. The Morgan fingerprint density at radius 1 is 1.67 bits per heavy atom. The van der Waals surface area contributed by atoms with E-state index in [1.807, 2.05) is 0 Å². The van der Waals surface area contributed by atoms with Gasteiger partial charge in [-0.1, -0.05) is 30.4 Å². The van der Waals surface area contributed by atoms with Crippen LogP contribution in [0.15, 0.2) is 4.99 Å². The van der Waals surface area contributed by atoms with Gasteiger partial charge in [-0.15, -0.1) is 0 Å². The second kappa shape index (κ2) is 5.11. The van der Waals surface area contributed by atoms with E-state index in [0.29, 0.717) is 0 Å². The number of rotatable bonds is 3. The summed E-state index contributed by atoms with van der Waals surface area (Å²) >= 11 is 3.12. The van der Waals surface area contributed by atoms with Crippen molar-refractivity contribution in [1.29, 1.82) is 0 Å². The molecular weight excluding hydrogens is 194 g/mol. The molecule has 2 unspecified atom stereocenters. The average molecular weight is 207 g/mol. The monoisotopic (exact) mass is 207 g/mol. The summed E-state index contributed by atoms with van der Waals surface area (Å²) < 4.78 is 0.906. The van der Waals surface area contributed by atoms with Crippen LogP contribution in [0.3, 0.4) is 0 Å². The first kappa shape index (κ1) is 10.4. The summed E-state index contributed by atoms with van der Waals surface area (Å²) in [6.45, 7) is 2.10. The fourth-order valence-electron chi connectivity index (χ4n) is 0.804. The molecule has 1 rings (SSSR count). The molecule has 0 bridgehead atoms.